The maximum atomic E-state index is 6.63. The zero-order valence-corrected chi connectivity index (χ0v) is 16.2. The van der Waals surface area contributed by atoms with Gasteiger partial charge in [0.1, 0.15) is 0 Å². The molecule has 2 aromatic rings. The van der Waals surface area contributed by atoms with Gasteiger partial charge in [-0.25, -0.2) is 0 Å². The summed E-state index contributed by atoms with van der Waals surface area (Å²) in [4.78, 5) is 0. The summed E-state index contributed by atoms with van der Waals surface area (Å²) >= 11 is 0. The Labute approximate surface area is 152 Å². The van der Waals surface area contributed by atoms with Gasteiger partial charge < -0.3 is 13.6 Å². The number of rotatable bonds is 8. The fraction of sp³-hybridized carbons (Fsp3) is 0.429. The molecule has 0 aliphatic carbocycles. The Hall–Kier alpha value is -1.46. The van der Waals surface area contributed by atoms with Crippen molar-refractivity contribution in [2.24, 2.45) is 5.92 Å². The molecule has 2 aromatic carbocycles. The van der Waals surface area contributed by atoms with Crippen LogP contribution in [0, 0.1) is 5.92 Å². The molecule has 25 heavy (non-hydrogen) atoms. The van der Waals surface area contributed by atoms with Crippen molar-refractivity contribution < 1.29 is 13.6 Å². The van der Waals surface area contributed by atoms with Crippen molar-refractivity contribution in [1.29, 1.82) is 0 Å². The predicted octanol–water partition coefficient (Wildman–Crippen LogP) is 3.11. The van der Waals surface area contributed by atoms with Gasteiger partial charge in [0.2, 0.25) is 0 Å². The lowest BCUT2D eigenvalue weighted by atomic mass is 10.2. The molecule has 134 valence electrons. The van der Waals surface area contributed by atoms with Crippen molar-refractivity contribution >= 4 is 18.9 Å². The standard InChI is InChI=1S/C21H28O3Si/c1-18(2)16-23-25(20-11-5-3-6-12-20,21-13-7-4-8-14-21)24-17-19-10-9-15-22-19/h3-8,11-14,18-19H,9-10,15-17H2,1-2H3. The molecule has 0 amide bonds. The Morgan fingerprint density at radius 2 is 1.56 bits per heavy atom. The lowest BCUT2D eigenvalue weighted by Crippen LogP contribution is -2.64. The van der Waals surface area contributed by atoms with Crippen molar-refractivity contribution in [2.45, 2.75) is 32.8 Å². The second kappa shape index (κ2) is 8.76. The zero-order valence-electron chi connectivity index (χ0n) is 15.2. The number of hydrogen-bond acceptors (Lipinski definition) is 3. The van der Waals surface area contributed by atoms with E-state index in [9.17, 15) is 0 Å². The van der Waals surface area contributed by atoms with E-state index in [1.165, 1.54) is 0 Å². The minimum absolute atomic E-state index is 0.182. The average molecular weight is 357 g/mol. The SMILES string of the molecule is CC(C)CO[Si](OCC1CCCO1)(c1ccccc1)c1ccccc1. The van der Waals surface area contributed by atoms with Crippen LogP contribution in [-0.4, -0.2) is 34.5 Å². The van der Waals surface area contributed by atoms with Crippen molar-refractivity contribution in [3.05, 3.63) is 60.7 Å². The molecular formula is C21H28O3Si. The fourth-order valence-corrected chi connectivity index (χ4v) is 6.46. The summed E-state index contributed by atoms with van der Waals surface area (Å²) in [6, 6.07) is 20.9. The van der Waals surface area contributed by atoms with Crippen LogP contribution in [0.1, 0.15) is 26.7 Å². The Morgan fingerprint density at radius 1 is 0.960 bits per heavy atom. The van der Waals surface area contributed by atoms with Gasteiger partial charge in [-0.15, -0.1) is 0 Å². The van der Waals surface area contributed by atoms with Gasteiger partial charge in [0.05, 0.1) is 12.7 Å². The molecule has 0 N–H and O–H groups in total. The van der Waals surface area contributed by atoms with Gasteiger partial charge in [-0.2, -0.15) is 0 Å². The molecule has 0 radical (unpaired) electrons. The lowest BCUT2D eigenvalue weighted by Gasteiger charge is -2.33. The molecule has 3 rings (SSSR count). The second-order valence-electron chi connectivity index (χ2n) is 7.00. The molecule has 1 atom stereocenters. The van der Waals surface area contributed by atoms with Gasteiger partial charge >= 0.3 is 8.56 Å². The fourth-order valence-electron chi connectivity index (χ4n) is 3.13. The lowest BCUT2D eigenvalue weighted by molar-refractivity contribution is 0.0522. The summed E-state index contributed by atoms with van der Waals surface area (Å²) in [5.74, 6) is 0.450. The van der Waals surface area contributed by atoms with E-state index in [2.05, 4.69) is 62.4 Å². The van der Waals surface area contributed by atoms with E-state index in [1.54, 1.807) is 0 Å². The van der Waals surface area contributed by atoms with Gasteiger partial charge in [-0.1, -0.05) is 74.5 Å². The van der Waals surface area contributed by atoms with Crippen LogP contribution in [0.3, 0.4) is 0 Å². The summed E-state index contributed by atoms with van der Waals surface area (Å²) < 4.78 is 19.0. The van der Waals surface area contributed by atoms with E-state index in [1.807, 2.05) is 12.1 Å². The van der Waals surface area contributed by atoms with Crippen LogP contribution in [-0.2, 0) is 13.6 Å². The van der Waals surface area contributed by atoms with Crippen LogP contribution in [0.5, 0.6) is 0 Å². The van der Waals surface area contributed by atoms with Crippen molar-refractivity contribution in [1.82, 2.24) is 0 Å². The Morgan fingerprint density at radius 3 is 2.04 bits per heavy atom. The van der Waals surface area contributed by atoms with E-state index in [4.69, 9.17) is 13.6 Å². The molecule has 1 unspecified atom stereocenters. The maximum absolute atomic E-state index is 6.63. The van der Waals surface area contributed by atoms with Gasteiger partial charge in [-0.3, -0.25) is 0 Å². The minimum atomic E-state index is -2.76. The number of hydrogen-bond donors (Lipinski definition) is 0. The van der Waals surface area contributed by atoms with Crippen LogP contribution >= 0.6 is 0 Å². The molecule has 0 aromatic heterocycles. The summed E-state index contributed by atoms with van der Waals surface area (Å²) in [7, 11) is -2.76. The molecule has 1 saturated heterocycles. The first kappa shape index (κ1) is 18.3. The largest absolute Gasteiger partial charge is 0.407 e. The van der Waals surface area contributed by atoms with Crippen LogP contribution in [0.2, 0.25) is 0 Å². The van der Waals surface area contributed by atoms with Gasteiger partial charge in [0.15, 0.2) is 0 Å². The average Bonchev–Trinajstić information content (AvgIpc) is 3.17. The smallest absolute Gasteiger partial charge is 0.387 e. The molecule has 4 heteroatoms. The van der Waals surface area contributed by atoms with E-state index in [0.29, 0.717) is 19.1 Å². The normalized spacial score (nSPS) is 18.0. The van der Waals surface area contributed by atoms with Crippen molar-refractivity contribution in [3.63, 3.8) is 0 Å². The maximum Gasteiger partial charge on any atom is 0.407 e. The van der Waals surface area contributed by atoms with Gasteiger partial charge in [-0.05, 0) is 29.1 Å². The van der Waals surface area contributed by atoms with E-state index in [0.717, 1.165) is 29.8 Å². The molecule has 0 bridgehead atoms. The molecule has 3 nitrogen and oxygen atoms in total. The monoisotopic (exact) mass is 356 g/mol. The molecule has 1 heterocycles. The molecule has 0 spiro atoms. The summed E-state index contributed by atoms with van der Waals surface area (Å²) in [6.45, 7) is 6.46. The topological polar surface area (TPSA) is 27.7 Å². The summed E-state index contributed by atoms with van der Waals surface area (Å²) in [5, 5.41) is 2.31. The van der Waals surface area contributed by atoms with Gasteiger partial charge in [0, 0.05) is 13.2 Å². The van der Waals surface area contributed by atoms with E-state index in [-0.39, 0.29) is 6.10 Å². The summed E-state index contributed by atoms with van der Waals surface area (Å²) in [5.41, 5.74) is 0. The highest BCUT2D eigenvalue weighted by Gasteiger charge is 2.43. The molecule has 0 saturated carbocycles. The second-order valence-corrected chi connectivity index (χ2v) is 9.96. The third kappa shape index (κ3) is 4.58. The summed E-state index contributed by atoms with van der Waals surface area (Å²) in [6.07, 6.45) is 2.37. The van der Waals surface area contributed by atoms with Crippen molar-refractivity contribution in [3.8, 4) is 0 Å². The third-order valence-electron chi connectivity index (χ3n) is 4.42. The highest BCUT2D eigenvalue weighted by atomic mass is 28.4. The quantitative estimate of drug-likeness (QED) is 0.680. The minimum Gasteiger partial charge on any atom is -0.387 e. The highest BCUT2D eigenvalue weighted by Crippen LogP contribution is 2.17. The van der Waals surface area contributed by atoms with E-state index >= 15 is 0 Å². The predicted molar refractivity (Wildman–Crippen MR) is 104 cm³/mol. The zero-order chi connectivity index (χ0) is 17.5. The van der Waals surface area contributed by atoms with E-state index < -0.39 is 8.56 Å². The van der Waals surface area contributed by atoms with Crippen LogP contribution < -0.4 is 10.4 Å². The third-order valence-corrected chi connectivity index (χ3v) is 7.76. The Kier molecular flexibility index (Phi) is 6.43. The van der Waals surface area contributed by atoms with Crippen molar-refractivity contribution in [2.75, 3.05) is 19.8 Å². The van der Waals surface area contributed by atoms with Crippen LogP contribution in [0.15, 0.2) is 60.7 Å². The molecular weight excluding hydrogens is 328 g/mol. The first-order valence-electron chi connectivity index (χ1n) is 9.21. The Bertz CT molecular complexity index is 585. The number of benzene rings is 2. The van der Waals surface area contributed by atoms with Crippen LogP contribution in [0.25, 0.3) is 0 Å². The number of ether oxygens (including phenoxy) is 1. The highest BCUT2D eigenvalue weighted by molar-refractivity contribution is 6.92. The first-order chi connectivity index (χ1) is 12.2. The van der Waals surface area contributed by atoms with Gasteiger partial charge in [0.25, 0.3) is 0 Å². The molecule has 1 fully saturated rings. The molecule has 1 aliphatic heterocycles. The first-order valence-corrected chi connectivity index (χ1v) is 11.0. The Balaban J connectivity index is 1.96. The molecule has 1 aliphatic rings. The van der Waals surface area contributed by atoms with Crippen LogP contribution in [0.4, 0.5) is 0 Å².